The maximum Gasteiger partial charge on any atom is 0.167 e. The molecule has 1 aliphatic carbocycles. The van der Waals surface area contributed by atoms with Crippen molar-refractivity contribution < 1.29 is 4.79 Å². The molecule has 1 nitrogen and oxygen atoms in total. The van der Waals surface area contributed by atoms with E-state index in [4.69, 9.17) is 0 Å². The molecule has 0 unspecified atom stereocenters. The van der Waals surface area contributed by atoms with Crippen LogP contribution in [0.4, 0.5) is 0 Å². The van der Waals surface area contributed by atoms with Gasteiger partial charge in [-0.3, -0.25) is 4.79 Å². The molecule has 1 fully saturated rings. The van der Waals surface area contributed by atoms with Gasteiger partial charge in [0, 0.05) is 19.5 Å². The van der Waals surface area contributed by atoms with E-state index in [1.165, 1.54) is 6.42 Å². The molecule has 0 aromatic heterocycles. The van der Waals surface area contributed by atoms with Crippen molar-refractivity contribution in [3.63, 3.8) is 0 Å². The minimum atomic E-state index is 0.290. The molecule has 14 heavy (non-hydrogen) atoms. The molecule has 3 heteroatoms. The number of halogens is 2. The smallest absolute Gasteiger partial charge is 0.167 e. The van der Waals surface area contributed by atoms with E-state index < -0.39 is 0 Å². The lowest BCUT2D eigenvalue weighted by Crippen LogP contribution is -2.22. The average Bonchev–Trinajstić information content (AvgIpc) is 2.06. The fourth-order valence-corrected chi connectivity index (χ4v) is 2.54. The summed E-state index contributed by atoms with van der Waals surface area (Å²) in [7, 11) is 0. The minimum Gasteiger partial charge on any atom is -0.294 e. The van der Waals surface area contributed by atoms with Crippen LogP contribution in [0.25, 0.3) is 0 Å². The molecule has 0 N–H and O–H groups in total. The Morgan fingerprint density at radius 2 is 2.14 bits per heavy atom. The highest BCUT2D eigenvalue weighted by atomic mass is 127. The van der Waals surface area contributed by atoms with E-state index in [-0.39, 0.29) is 5.92 Å². The summed E-state index contributed by atoms with van der Waals surface area (Å²) in [6.07, 6.45) is 3.35. The quantitative estimate of drug-likeness (QED) is 0.571. The van der Waals surface area contributed by atoms with Crippen molar-refractivity contribution in [2.45, 2.75) is 19.3 Å². The van der Waals surface area contributed by atoms with Gasteiger partial charge in [0.1, 0.15) is 0 Å². The molecule has 74 valence electrons. The lowest BCUT2D eigenvalue weighted by Gasteiger charge is -2.24. The highest BCUT2D eigenvalue weighted by molar-refractivity contribution is 14.1. The highest BCUT2D eigenvalue weighted by Gasteiger charge is 2.27. The summed E-state index contributed by atoms with van der Waals surface area (Å²) >= 11 is 5.62. The van der Waals surface area contributed by atoms with Crippen LogP contribution in [-0.2, 0) is 0 Å². The lowest BCUT2D eigenvalue weighted by molar-refractivity contribution is 0.0854. The second-order valence-electron chi connectivity index (χ2n) is 3.62. The van der Waals surface area contributed by atoms with Crippen molar-refractivity contribution in [2.24, 2.45) is 5.92 Å². The van der Waals surface area contributed by atoms with E-state index in [1.54, 1.807) is 0 Å². The second kappa shape index (κ2) is 4.31. The van der Waals surface area contributed by atoms with Gasteiger partial charge in [0.15, 0.2) is 5.78 Å². The Balaban J connectivity index is 2.29. The summed E-state index contributed by atoms with van der Waals surface area (Å²) in [6.45, 7) is 0. The van der Waals surface area contributed by atoms with E-state index in [2.05, 4.69) is 38.5 Å². The fraction of sp³-hybridized carbons (Fsp3) is 0.364. The monoisotopic (exact) mass is 364 g/mol. The molecule has 0 spiro atoms. The average molecular weight is 365 g/mol. The van der Waals surface area contributed by atoms with Gasteiger partial charge in [-0.2, -0.15) is 0 Å². The SMILES string of the molecule is O=C(c1cc(Br)ccc1I)C1CCC1. The van der Waals surface area contributed by atoms with Gasteiger partial charge in [-0.1, -0.05) is 22.4 Å². The van der Waals surface area contributed by atoms with Crippen LogP contribution in [0.3, 0.4) is 0 Å². The van der Waals surface area contributed by atoms with Crippen molar-refractivity contribution in [1.29, 1.82) is 0 Å². The third-order valence-electron chi connectivity index (χ3n) is 2.67. The predicted molar refractivity (Wildman–Crippen MR) is 68.5 cm³/mol. The van der Waals surface area contributed by atoms with Gasteiger partial charge in [0.05, 0.1) is 0 Å². The maximum atomic E-state index is 12.0. The molecule has 0 atom stereocenters. The number of hydrogen-bond donors (Lipinski definition) is 0. The summed E-state index contributed by atoms with van der Waals surface area (Å²) in [5, 5.41) is 0. The first-order valence-electron chi connectivity index (χ1n) is 4.68. The van der Waals surface area contributed by atoms with Gasteiger partial charge in [0.2, 0.25) is 0 Å². The molecule has 0 aliphatic heterocycles. The van der Waals surface area contributed by atoms with Gasteiger partial charge in [-0.15, -0.1) is 0 Å². The fourth-order valence-electron chi connectivity index (χ4n) is 1.58. The van der Waals surface area contributed by atoms with E-state index in [0.29, 0.717) is 5.78 Å². The Labute approximate surface area is 106 Å². The van der Waals surface area contributed by atoms with Crippen LogP contribution in [0.1, 0.15) is 29.6 Å². The Morgan fingerprint density at radius 1 is 1.43 bits per heavy atom. The zero-order valence-electron chi connectivity index (χ0n) is 7.59. The molecule has 0 radical (unpaired) electrons. The molecule has 0 heterocycles. The van der Waals surface area contributed by atoms with E-state index in [9.17, 15) is 4.79 Å². The highest BCUT2D eigenvalue weighted by Crippen LogP contribution is 2.31. The number of rotatable bonds is 2. The molecule has 0 amide bonds. The van der Waals surface area contributed by atoms with Crippen molar-refractivity contribution in [1.82, 2.24) is 0 Å². The van der Waals surface area contributed by atoms with Crippen molar-refractivity contribution in [2.75, 3.05) is 0 Å². The Kier molecular flexibility index (Phi) is 3.27. The third kappa shape index (κ3) is 2.03. The van der Waals surface area contributed by atoms with E-state index >= 15 is 0 Å². The first kappa shape index (κ1) is 10.6. The number of hydrogen-bond acceptors (Lipinski definition) is 1. The van der Waals surface area contributed by atoms with Gasteiger partial charge >= 0.3 is 0 Å². The van der Waals surface area contributed by atoms with Crippen LogP contribution >= 0.6 is 38.5 Å². The lowest BCUT2D eigenvalue weighted by atomic mass is 9.80. The first-order valence-corrected chi connectivity index (χ1v) is 6.55. The largest absolute Gasteiger partial charge is 0.294 e. The third-order valence-corrected chi connectivity index (χ3v) is 4.10. The van der Waals surface area contributed by atoms with Gasteiger partial charge in [-0.25, -0.2) is 0 Å². The molecule has 1 aromatic carbocycles. The van der Waals surface area contributed by atoms with Crippen LogP contribution in [-0.4, -0.2) is 5.78 Å². The van der Waals surface area contributed by atoms with E-state index in [0.717, 1.165) is 26.4 Å². The number of carbonyl (C=O) groups is 1. The molecular weight excluding hydrogens is 355 g/mol. The van der Waals surface area contributed by atoms with Crippen molar-refractivity contribution >= 4 is 44.3 Å². The topological polar surface area (TPSA) is 17.1 Å². The van der Waals surface area contributed by atoms with Crippen LogP contribution in [0.2, 0.25) is 0 Å². The summed E-state index contributed by atoms with van der Waals surface area (Å²) in [6, 6.07) is 5.89. The summed E-state index contributed by atoms with van der Waals surface area (Å²) < 4.78 is 2.04. The maximum absolute atomic E-state index is 12.0. The Hall–Kier alpha value is 0.1000. The number of Topliss-reactive ketones (excluding diaryl/α,β-unsaturated/α-hetero) is 1. The number of benzene rings is 1. The molecular formula is C11H10BrIO. The molecule has 1 aliphatic rings. The molecule has 0 saturated heterocycles. The van der Waals surface area contributed by atoms with Crippen LogP contribution < -0.4 is 0 Å². The van der Waals surface area contributed by atoms with Crippen LogP contribution in [0.15, 0.2) is 22.7 Å². The molecule has 2 rings (SSSR count). The Bertz CT molecular complexity index is 372. The zero-order chi connectivity index (χ0) is 10.1. The zero-order valence-corrected chi connectivity index (χ0v) is 11.3. The van der Waals surface area contributed by atoms with Gasteiger partial charge in [0.25, 0.3) is 0 Å². The molecule has 1 aromatic rings. The van der Waals surface area contributed by atoms with Crippen LogP contribution in [0, 0.1) is 9.49 Å². The first-order chi connectivity index (χ1) is 6.68. The van der Waals surface area contributed by atoms with Gasteiger partial charge in [-0.05, 0) is 53.6 Å². The van der Waals surface area contributed by atoms with Crippen molar-refractivity contribution in [3.05, 3.63) is 31.8 Å². The summed E-state index contributed by atoms with van der Waals surface area (Å²) in [5.74, 6) is 0.611. The predicted octanol–water partition coefficient (Wildman–Crippen LogP) is 4.04. The summed E-state index contributed by atoms with van der Waals surface area (Å²) in [5.41, 5.74) is 0.879. The molecule has 1 saturated carbocycles. The Morgan fingerprint density at radius 3 is 2.71 bits per heavy atom. The minimum absolute atomic E-state index is 0.290. The number of carbonyl (C=O) groups excluding carboxylic acids is 1. The standard InChI is InChI=1S/C11H10BrIO/c12-8-4-5-10(13)9(6-8)11(14)7-2-1-3-7/h4-7H,1-3H2. The molecule has 0 bridgehead atoms. The normalized spacial score (nSPS) is 16.4. The van der Waals surface area contributed by atoms with Crippen LogP contribution in [0.5, 0.6) is 0 Å². The number of ketones is 1. The van der Waals surface area contributed by atoms with Crippen molar-refractivity contribution in [3.8, 4) is 0 Å². The van der Waals surface area contributed by atoms with E-state index in [1.807, 2.05) is 18.2 Å². The second-order valence-corrected chi connectivity index (χ2v) is 5.69. The summed E-state index contributed by atoms with van der Waals surface area (Å²) in [4.78, 5) is 12.0. The van der Waals surface area contributed by atoms with Gasteiger partial charge < -0.3 is 0 Å².